The van der Waals surface area contributed by atoms with Crippen molar-refractivity contribution in [2.75, 3.05) is 0 Å². The molecular weight excluding hydrogens is 230 g/mol. The van der Waals surface area contributed by atoms with Crippen LogP contribution in [0.2, 0.25) is 0 Å². The zero-order chi connectivity index (χ0) is 13.1. The Hall–Kier alpha value is -2.41. The third-order valence-corrected chi connectivity index (χ3v) is 3.16. The van der Waals surface area contributed by atoms with Gasteiger partial charge in [-0.3, -0.25) is 4.98 Å². The Balaban J connectivity index is 1.92. The summed E-state index contributed by atoms with van der Waals surface area (Å²) in [6.07, 6.45) is 6.11. The topological polar surface area (TPSA) is 12.9 Å². The quantitative estimate of drug-likeness (QED) is 0.637. The van der Waals surface area contributed by atoms with E-state index in [4.69, 9.17) is 0 Å². The van der Waals surface area contributed by atoms with Gasteiger partial charge in [-0.25, -0.2) is 0 Å². The molecule has 0 aliphatic carbocycles. The van der Waals surface area contributed by atoms with Crippen molar-refractivity contribution in [2.24, 2.45) is 0 Å². The summed E-state index contributed by atoms with van der Waals surface area (Å²) in [7, 11) is 0. The fourth-order valence-corrected chi connectivity index (χ4v) is 2.18. The van der Waals surface area contributed by atoms with E-state index < -0.39 is 0 Å². The van der Waals surface area contributed by atoms with E-state index in [-0.39, 0.29) is 0 Å². The first-order valence-corrected chi connectivity index (χ1v) is 6.41. The molecule has 3 rings (SSSR count). The molecule has 0 spiro atoms. The molecule has 1 nitrogen and oxygen atoms in total. The third kappa shape index (κ3) is 2.71. The van der Waals surface area contributed by atoms with Gasteiger partial charge in [-0.15, -0.1) is 0 Å². The number of rotatable bonds is 2. The summed E-state index contributed by atoms with van der Waals surface area (Å²) >= 11 is 0. The fourth-order valence-electron chi connectivity index (χ4n) is 2.18. The van der Waals surface area contributed by atoms with E-state index in [0.717, 1.165) is 5.69 Å². The number of hydrogen-bond donors (Lipinski definition) is 0. The Morgan fingerprint density at radius 1 is 0.789 bits per heavy atom. The van der Waals surface area contributed by atoms with Gasteiger partial charge in [-0.2, -0.15) is 0 Å². The van der Waals surface area contributed by atoms with E-state index in [1.165, 1.54) is 21.9 Å². The molecule has 0 N–H and O–H groups in total. The minimum Gasteiger partial charge on any atom is -0.262 e. The van der Waals surface area contributed by atoms with Crippen LogP contribution in [0.25, 0.3) is 22.9 Å². The first-order valence-electron chi connectivity index (χ1n) is 6.41. The van der Waals surface area contributed by atoms with Gasteiger partial charge in [0, 0.05) is 11.9 Å². The molecule has 0 aliphatic heterocycles. The predicted molar refractivity (Wildman–Crippen MR) is 81.9 cm³/mol. The van der Waals surface area contributed by atoms with Crippen LogP contribution in [-0.4, -0.2) is 4.98 Å². The lowest BCUT2D eigenvalue weighted by Gasteiger charge is -1.99. The standard InChI is InChI=1S/C18H15N/c1-14-12-16(10-11-19-14)7-6-15-8-9-17-4-2-3-5-18(17)13-15/h2-13H,1H3/b7-6+. The van der Waals surface area contributed by atoms with Crippen molar-refractivity contribution in [2.45, 2.75) is 6.92 Å². The summed E-state index contributed by atoms with van der Waals surface area (Å²) in [5.74, 6) is 0. The number of benzene rings is 2. The highest BCUT2D eigenvalue weighted by Crippen LogP contribution is 2.17. The van der Waals surface area contributed by atoms with Gasteiger partial charge in [0.15, 0.2) is 0 Å². The monoisotopic (exact) mass is 245 g/mol. The molecule has 0 saturated heterocycles. The Morgan fingerprint density at radius 3 is 2.32 bits per heavy atom. The van der Waals surface area contributed by atoms with Gasteiger partial charge in [0.1, 0.15) is 0 Å². The van der Waals surface area contributed by atoms with E-state index in [1.807, 2.05) is 19.2 Å². The van der Waals surface area contributed by atoms with Gasteiger partial charge in [-0.1, -0.05) is 48.6 Å². The lowest BCUT2D eigenvalue weighted by Crippen LogP contribution is -1.80. The first kappa shape index (κ1) is 11.7. The van der Waals surface area contributed by atoms with E-state index >= 15 is 0 Å². The molecule has 0 aliphatic rings. The molecule has 0 radical (unpaired) electrons. The highest BCUT2D eigenvalue weighted by atomic mass is 14.6. The summed E-state index contributed by atoms with van der Waals surface area (Å²) < 4.78 is 0. The SMILES string of the molecule is Cc1cc(/C=C/c2ccc3ccccc3c2)ccn1. The summed E-state index contributed by atoms with van der Waals surface area (Å²) in [5.41, 5.74) is 3.44. The van der Waals surface area contributed by atoms with Gasteiger partial charge in [0.25, 0.3) is 0 Å². The van der Waals surface area contributed by atoms with E-state index in [2.05, 4.69) is 65.7 Å². The average Bonchev–Trinajstić information content (AvgIpc) is 2.45. The largest absolute Gasteiger partial charge is 0.262 e. The van der Waals surface area contributed by atoms with Crippen molar-refractivity contribution in [3.05, 3.63) is 77.6 Å². The van der Waals surface area contributed by atoms with Gasteiger partial charge in [-0.05, 0) is 47.0 Å². The highest BCUT2D eigenvalue weighted by Gasteiger charge is 1.93. The van der Waals surface area contributed by atoms with Crippen LogP contribution in [0, 0.1) is 6.92 Å². The predicted octanol–water partition coefficient (Wildman–Crippen LogP) is 4.71. The summed E-state index contributed by atoms with van der Waals surface area (Å²) in [4.78, 5) is 4.20. The molecule has 1 heterocycles. The third-order valence-electron chi connectivity index (χ3n) is 3.16. The summed E-state index contributed by atoms with van der Waals surface area (Å²) in [5, 5.41) is 2.55. The molecular formula is C18H15N. The van der Waals surface area contributed by atoms with Crippen LogP contribution in [0.5, 0.6) is 0 Å². The molecule has 0 atom stereocenters. The number of aromatic nitrogens is 1. The van der Waals surface area contributed by atoms with Crippen molar-refractivity contribution in [1.29, 1.82) is 0 Å². The lowest BCUT2D eigenvalue weighted by atomic mass is 10.1. The van der Waals surface area contributed by atoms with Crippen LogP contribution in [0.3, 0.4) is 0 Å². The fraction of sp³-hybridized carbons (Fsp3) is 0.0556. The number of hydrogen-bond acceptors (Lipinski definition) is 1. The van der Waals surface area contributed by atoms with Crippen LogP contribution in [-0.2, 0) is 0 Å². The number of nitrogens with zero attached hydrogens (tertiary/aromatic N) is 1. The Bertz CT molecular complexity index is 741. The lowest BCUT2D eigenvalue weighted by molar-refractivity contribution is 1.20. The maximum absolute atomic E-state index is 4.20. The Morgan fingerprint density at radius 2 is 1.53 bits per heavy atom. The molecule has 19 heavy (non-hydrogen) atoms. The van der Waals surface area contributed by atoms with Crippen molar-refractivity contribution in [3.63, 3.8) is 0 Å². The first-order chi connectivity index (χ1) is 9.31. The molecule has 3 aromatic rings. The van der Waals surface area contributed by atoms with Crippen LogP contribution in [0.1, 0.15) is 16.8 Å². The number of pyridine rings is 1. The molecule has 0 saturated carbocycles. The summed E-state index contributed by atoms with van der Waals surface area (Å²) in [6.45, 7) is 2.01. The van der Waals surface area contributed by atoms with E-state index in [9.17, 15) is 0 Å². The second kappa shape index (κ2) is 5.07. The minimum absolute atomic E-state index is 1.04. The molecule has 2 aromatic carbocycles. The van der Waals surface area contributed by atoms with Gasteiger partial charge >= 0.3 is 0 Å². The molecule has 0 bridgehead atoms. The van der Waals surface area contributed by atoms with Crippen molar-refractivity contribution < 1.29 is 0 Å². The second-order valence-corrected chi connectivity index (χ2v) is 4.67. The van der Waals surface area contributed by atoms with Crippen molar-refractivity contribution in [1.82, 2.24) is 4.98 Å². The second-order valence-electron chi connectivity index (χ2n) is 4.67. The highest BCUT2D eigenvalue weighted by molar-refractivity contribution is 5.85. The summed E-state index contributed by atoms with van der Waals surface area (Å²) in [6, 6.07) is 19.0. The van der Waals surface area contributed by atoms with Crippen LogP contribution in [0.4, 0.5) is 0 Å². The van der Waals surface area contributed by atoms with Crippen LogP contribution < -0.4 is 0 Å². The van der Waals surface area contributed by atoms with Crippen molar-refractivity contribution in [3.8, 4) is 0 Å². The number of aryl methyl sites for hydroxylation is 1. The molecule has 92 valence electrons. The maximum Gasteiger partial charge on any atom is 0.0378 e. The van der Waals surface area contributed by atoms with Crippen LogP contribution >= 0.6 is 0 Å². The van der Waals surface area contributed by atoms with Gasteiger partial charge in [0.05, 0.1) is 0 Å². The molecule has 1 heteroatoms. The van der Waals surface area contributed by atoms with E-state index in [1.54, 1.807) is 0 Å². The van der Waals surface area contributed by atoms with Crippen LogP contribution in [0.15, 0.2) is 60.8 Å². The van der Waals surface area contributed by atoms with Gasteiger partial charge in [0.2, 0.25) is 0 Å². The smallest absolute Gasteiger partial charge is 0.0378 e. The van der Waals surface area contributed by atoms with Gasteiger partial charge < -0.3 is 0 Å². The maximum atomic E-state index is 4.20. The Labute approximate surface area is 113 Å². The molecule has 0 fully saturated rings. The normalized spacial score (nSPS) is 11.2. The average molecular weight is 245 g/mol. The zero-order valence-electron chi connectivity index (χ0n) is 10.9. The molecule has 1 aromatic heterocycles. The molecule has 0 amide bonds. The van der Waals surface area contributed by atoms with Crippen molar-refractivity contribution >= 4 is 22.9 Å². The Kier molecular flexibility index (Phi) is 3.11. The molecule has 0 unspecified atom stereocenters. The van der Waals surface area contributed by atoms with E-state index in [0.29, 0.717) is 0 Å². The minimum atomic E-state index is 1.04. The number of fused-ring (bicyclic) bond motifs is 1. The zero-order valence-corrected chi connectivity index (χ0v) is 10.9.